The van der Waals surface area contributed by atoms with Crippen LogP contribution in [0.3, 0.4) is 0 Å². The van der Waals surface area contributed by atoms with Crippen molar-refractivity contribution in [3.63, 3.8) is 0 Å². The lowest BCUT2D eigenvalue weighted by Crippen LogP contribution is -2.41. The Morgan fingerprint density at radius 2 is 1.81 bits per heavy atom. The number of aromatic nitrogens is 1. The van der Waals surface area contributed by atoms with Gasteiger partial charge < -0.3 is 9.64 Å². The number of nitrogens with zero attached hydrogens (tertiary/aromatic N) is 3. The van der Waals surface area contributed by atoms with Crippen molar-refractivity contribution in [2.45, 2.75) is 71.6 Å². The minimum absolute atomic E-state index is 0.0166. The zero-order valence-corrected chi connectivity index (χ0v) is 19.2. The average molecular weight is 424 g/mol. The molecule has 1 aliphatic heterocycles. The maximum absolute atomic E-state index is 13.1. The Kier molecular flexibility index (Phi) is 6.98. The molecule has 1 aromatic heterocycles. The first-order valence-corrected chi connectivity index (χ1v) is 11.0. The summed E-state index contributed by atoms with van der Waals surface area (Å²) >= 11 is 0. The smallest absolute Gasteiger partial charge is 0.416 e. The van der Waals surface area contributed by atoms with Crippen LogP contribution < -0.4 is 4.90 Å². The Balaban J connectivity index is 1.83. The normalized spacial score (nSPS) is 16.8. The largest absolute Gasteiger partial charge is 0.443 e. The van der Waals surface area contributed by atoms with Gasteiger partial charge in [0.15, 0.2) is 0 Å². The van der Waals surface area contributed by atoms with Gasteiger partial charge in [0.1, 0.15) is 11.4 Å². The molecule has 0 N–H and O–H groups in total. The standard InChI is InChI=1S/C25H33N3O3/c1-18(2)28(24(30)31-25(3,4)5)22-15-14-20(17-26-22)21-13-9-10-16-27(21)23(29)19-11-7-6-8-12-19/h6-8,11-12,14-15,17-18,21H,9-10,13,16H2,1-5H3/t21-/m1/s1. The first-order valence-electron chi connectivity index (χ1n) is 11.0. The zero-order chi connectivity index (χ0) is 22.6. The number of pyridine rings is 1. The van der Waals surface area contributed by atoms with Crippen LogP contribution in [0.5, 0.6) is 0 Å². The molecule has 3 rings (SSSR count). The fraction of sp³-hybridized carbons (Fsp3) is 0.480. The van der Waals surface area contributed by atoms with E-state index >= 15 is 0 Å². The van der Waals surface area contributed by atoms with Crippen LogP contribution in [0.4, 0.5) is 10.6 Å². The highest BCUT2D eigenvalue weighted by atomic mass is 16.6. The summed E-state index contributed by atoms with van der Waals surface area (Å²) < 4.78 is 5.55. The molecule has 6 heteroatoms. The summed E-state index contributed by atoms with van der Waals surface area (Å²) in [6.45, 7) is 10.1. The van der Waals surface area contributed by atoms with Crippen LogP contribution in [0.1, 0.15) is 75.8 Å². The highest BCUT2D eigenvalue weighted by Gasteiger charge is 2.30. The highest BCUT2D eigenvalue weighted by molar-refractivity contribution is 5.94. The molecule has 31 heavy (non-hydrogen) atoms. The molecule has 166 valence electrons. The van der Waals surface area contributed by atoms with Gasteiger partial charge in [0.2, 0.25) is 0 Å². The summed E-state index contributed by atoms with van der Waals surface area (Å²) in [5.41, 5.74) is 1.11. The first kappa shape index (κ1) is 22.8. The number of ether oxygens (including phenoxy) is 1. The topological polar surface area (TPSA) is 62.7 Å². The minimum Gasteiger partial charge on any atom is -0.443 e. The van der Waals surface area contributed by atoms with Gasteiger partial charge in [-0.15, -0.1) is 0 Å². The average Bonchev–Trinajstić information content (AvgIpc) is 2.73. The van der Waals surface area contributed by atoms with E-state index < -0.39 is 11.7 Å². The molecule has 6 nitrogen and oxygen atoms in total. The summed E-state index contributed by atoms with van der Waals surface area (Å²) in [5, 5.41) is 0. The maximum Gasteiger partial charge on any atom is 0.416 e. The molecule has 1 fully saturated rings. The lowest BCUT2D eigenvalue weighted by Gasteiger charge is -2.36. The van der Waals surface area contributed by atoms with E-state index in [1.54, 1.807) is 11.1 Å². The third-order valence-electron chi connectivity index (χ3n) is 5.29. The van der Waals surface area contributed by atoms with Crippen LogP contribution in [0.2, 0.25) is 0 Å². The Bertz CT molecular complexity index is 888. The van der Waals surface area contributed by atoms with Crippen molar-refractivity contribution >= 4 is 17.8 Å². The molecular weight excluding hydrogens is 390 g/mol. The number of carbonyl (C=O) groups excluding carboxylic acids is 2. The molecule has 1 aliphatic rings. The minimum atomic E-state index is -0.579. The lowest BCUT2D eigenvalue weighted by molar-refractivity contribution is 0.0568. The number of hydrogen-bond acceptors (Lipinski definition) is 4. The number of hydrogen-bond donors (Lipinski definition) is 0. The second-order valence-corrected chi connectivity index (χ2v) is 9.27. The van der Waals surface area contributed by atoms with E-state index in [0.29, 0.717) is 11.4 Å². The Labute approximate surface area is 185 Å². The summed E-state index contributed by atoms with van der Waals surface area (Å²) in [6, 6.07) is 13.1. The van der Waals surface area contributed by atoms with Gasteiger partial charge in [-0.05, 0) is 77.6 Å². The Morgan fingerprint density at radius 1 is 1.10 bits per heavy atom. The summed E-state index contributed by atoms with van der Waals surface area (Å²) in [6.07, 6.45) is 4.35. The van der Waals surface area contributed by atoms with Crippen molar-refractivity contribution in [2.24, 2.45) is 0 Å². The van der Waals surface area contributed by atoms with Crippen LogP contribution in [0, 0.1) is 0 Å². The monoisotopic (exact) mass is 423 g/mol. The number of benzene rings is 1. The maximum atomic E-state index is 13.1. The van der Waals surface area contributed by atoms with Crippen molar-refractivity contribution in [3.05, 3.63) is 59.8 Å². The van der Waals surface area contributed by atoms with Gasteiger partial charge in [0, 0.05) is 24.3 Å². The highest BCUT2D eigenvalue weighted by Crippen LogP contribution is 2.32. The summed E-state index contributed by atoms with van der Waals surface area (Å²) in [7, 11) is 0. The number of anilines is 1. The van der Waals surface area contributed by atoms with Crippen molar-refractivity contribution < 1.29 is 14.3 Å². The van der Waals surface area contributed by atoms with Crippen molar-refractivity contribution in [1.82, 2.24) is 9.88 Å². The molecule has 0 saturated carbocycles. The molecule has 0 bridgehead atoms. The van der Waals surface area contributed by atoms with Crippen LogP contribution in [-0.4, -0.2) is 40.1 Å². The Morgan fingerprint density at radius 3 is 2.39 bits per heavy atom. The van der Waals surface area contributed by atoms with Crippen LogP contribution >= 0.6 is 0 Å². The number of carbonyl (C=O) groups is 2. The van der Waals surface area contributed by atoms with Gasteiger partial charge in [-0.3, -0.25) is 9.69 Å². The van der Waals surface area contributed by atoms with E-state index in [9.17, 15) is 9.59 Å². The molecule has 2 amide bonds. The third-order valence-corrected chi connectivity index (χ3v) is 5.29. The van der Waals surface area contributed by atoms with E-state index in [0.717, 1.165) is 31.4 Å². The van der Waals surface area contributed by atoms with E-state index in [4.69, 9.17) is 4.74 Å². The second-order valence-electron chi connectivity index (χ2n) is 9.27. The van der Waals surface area contributed by atoms with Gasteiger partial charge in [-0.2, -0.15) is 0 Å². The summed E-state index contributed by atoms with van der Waals surface area (Å²) in [4.78, 5) is 33.9. The van der Waals surface area contributed by atoms with Gasteiger partial charge in [-0.25, -0.2) is 9.78 Å². The van der Waals surface area contributed by atoms with Crippen LogP contribution in [0.15, 0.2) is 48.7 Å². The van der Waals surface area contributed by atoms with E-state index in [2.05, 4.69) is 4.98 Å². The number of piperidine rings is 1. The van der Waals surface area contributed by atoms with E-state index in [1.807, 2.05) is 82.0 Å². The fourth-order valence-electron chi connectivity index (χ4n) is 3.88. The quantitative estimate of drug-likeness (QED) is 0.642. The van der Waals surface area contributed by atoms with Crippen molar-refractivity contribution in [1.29, 1.82) is 0 Å². The van der Waals surface area contributed by atoms with Crippen LogP contribution in [-0.2, 0) is 4.74 Å². The van der Waals surface area contributed by atoms with Gasteiger partial charge in [0.25, 0.3) is 5.91 Å². The zero-order valence-electron chi connectivity index (χ0n) is 19.2. The lowest BCUT2D eigenvalue weighted by atomic mass is 9.95. The van der Waals surface area contributed by atoms with Crippen LogP contribution in [0.25, 0.3) is 0 Å². The van der Waals surface area contributed by atoms with Gasteiger partial charge >= 0.3 is 6.09 Å². The van der Waals surface area contributed by atoms with Gasteiger partial charge in [-0.1, -0.05) is 24.3 Å². The van der Waals surface area contributed by atoms with Crippen molar-refractivity contribution in [2.75, 3.05) is 11.4 Å². The van der Waals surface area contributed by atoms with E-state index in [-0.39, 0.29) is 18.0 Å². The predicted molar refractivity (Wildman–Crippen MR) is 122 cm³/mol. The molecule has 2 heterocycles. The molecule has 0 unspecified atom stereocenters. The van der Waals surface area contributed by atoms with Crippen molar-refractivity contribution in [3.8, 4) is 0 Å². The Hall–Kier alpha value is -2.89. The molecule has 2 aromatic rings. The van der Waals surface area contributed by atoms with Gasteiger partial charge in [0.05, 0.1) is 6.04 Å². The fourth-order valence-corrected chi connectivity index (χ4v) is 3.88. The molecule has 1 atom stereocenters. The number of likely N-dealkylation sites (tertiary alicyclic amines) is 1. The predicted octanol–water partition coefficient (Wildman–Crippen LogP) is 5.60. The van der Waals surface area contributed by atoms with E-state index in [1.165, 1.54) is 0 Å². The summed E-state index contributed by atoms with van der Waals surface area (Å²) in [5.74, 6) is 0.594. The molecule has 0 spiro atoms. The number of amides is 2. The molecule has 1 aromatic carbocycles. The second kappa shape index (κ2) is 9.50. The molecule has 0 aliphatic carbocycles. The number of rotatable bonds is 4. The molecular formula is C25H33N3O3. The molecule has 0 radical (unpaired) electrons. The third kappa shape index (κ3) is 5.63. The first-order chi connectivity index (χ1) is 14.7. The molecule has 1 saturated heterocycles. The SMILES string of the molecule is CC(C)N(C(=O)OC(C)(C)C)c1ccc([C@H]2CCCCN2C(=O)c2ccccc2)cn1.